The van der Waals surface area contributed by atoms with Crippen LogP contribution in [0.3, 0.4) is 0 Å². The molecule has 0 spiro atoms. The quantitative estimate of drug-likeness (QED) is 0.584. The molecule has 0 aliphatic carbocycles. The number of allylic oxidation sites excluding steroid dienone is 1. The molecule has 0 rings (SSSR count). The summed E-state index contributed by atoms with van der Waals surface area (Å²) in [6.45, 7) is 7.98. The normalized spacial score (nSPS) is 16.3. The van der Waals surface area contributed by atoms with Crippen molar-refractivity contribution in [2.24, 2.45) is 11.7 Å². The molecule has 0 aromatic heterocycles. The van der Waals surface area contributed by atoms with Gasteiger partial charge in [0.05, 0.1) is 0 Å². The number of hydrogen-bond donors (Lipinski definition) is 1. The van der Waals surface area contributed by atoms with E-state index in [2.05, 4.69) is 20.4 Å². The summed E-state index contributed by atoms with van der Waals surface area (Å²) >= 11 is 0. The number of nitrogens with two attached hydrogens (primary N) is 1. The van der Waals surface area contributed by atoms with Crippen molar-refractivity contribution in [2.75, 3.05) is 0 Å². The smallest absolute Gasteiger partial charge is 0.00417 e. The zero-order valence-corrected chi connectivity index (χ0v) is 7.14. The average Bonchev–Trinajstić information content (AvgIpc) is 1.87. The highest BCUT2D eigenvalue weighted by molar-refractivity contribution is 4.77. The second-order valence-electron chi connectivity index (χ2n) is 2.93. The van der Waals surface area contributed by atoms with E-state index < -0.39 is 0 Å². The van der Waals surface area contributed by atoms with Crippen LogP contribution in [0.2, 0.25) is 0 Å². The van der Waals surface area contributed by atoms with Gasteiger partial charge < -0.3 is 5.73 Å². The summed E-state index contributed by atoms with van der Waals surface area (Å²) in [5, 5.41) is 0. The van der Waals surface area contributed by atoms with Crippen LogP contribution in [0.4, 0.5) is 0 Å². The van der Waals surface area contributed by atoms with Gasteiger partial charge in [-0.05, 0) is 25.7 Å². The molecule has 0 aliphatic heterocycles. The highest BCUT2D eigenvalue weighted by Crippen LogP contribution is 2.14. The van der Waals surface area contributed by atoms with Crippen molar-refractivity contribution in [3.05, 3.63) is 12.7 Å². The Morgan fingerprint density at radius 3 is 2.50 bits per heavy atom. The van der Waals surface area contributed by atoms with E-state index in [4.69, 9.17) is 5.73 Å². The lowest BCUT2D eigenvalue weighted by Gasteiger charge is -2.17. The summed E-state index contributed by atoms with van der Waals surface area (Å²) < 4.78 is 0. The molecule has 0 fully saturated rings. The van der Waals surface area contributed by atoms with Crippen molar-refractivity contribution in [3.8, 4) is 0 Å². The van der Waals surface area contributed by atoms with Gasteiger partial charge in [0.2, 0.25) is 0 Å². The molecule has 1 unspecified atom stereocenters. The molecular weight excluding hydrogens is 122 g/mol. The molecule has 1 nitrogen and oxygen atoms in total. The zero-order chi connectivity index (χ0) is 7.98. The molecule has 0 heterocycles. The first-order valence-corrected chi connectivity index (χ1v) is 4.08. The monoisotopic (exact) mass is 141 g/mol. The van der Waals surface area contributed by atoms with E-state index in [1.807, 2.05) is 6.08 Å². The molecule has 1 heteroatoms. The van der Waals surface area contributed by atoms with Gasteiger partial charge in [-0.25, -0.2) is 0 Å². The van der Waals surface area contributed by atoms with Crippen molar-refractivity contribution in [1.82, 2.24) is 0 Å². The Hall–Kier alpha value is -0.300. The van der Waals surface area contributed by atoms with Crippen LogP contribution in [-0.4, -0.2) is 6.04 Å². The van der Waals surface area contributed by atoms with E-state index in [1.54, 1.807) is 0 Å². The van der Waals surface area contributed by atoms with Gasteiger partial charge in [0.1, 0.15) is 0 Å². The van der Waals surface area contributed by atoms with Crippen LogP contribution in [0.15, 0.2) is 12.7 Å². The van der Waals surface area contributed by atoms with Crippen molar-refractivity contribution >= 4 is 0 Å². The van der Waals surface area contributed by atoms with Gasteiger partial charge in [-0.1, -0.05) is 19.4 Å². The third-order valence-electron chi connectivity index (χ3n) is 1.87. The maximum absolute atomic E-state index is 5.76. The van der Waals surface area contributed by atoms with E-state index in [1.165, 1.54) is 12.8 Å². The van der Waals surface area contributed by atoms with Gasteiger partial charge in [0.15, 0.2) is 0 Å². The fourth-order valence-electron chi connectivity index (χ4n) is 1.18. The van der Waals surface area contributed by atoms with Crippen LogP contribution in [-0.2, 0) is 0 Å². The van der Waals surface area contributed by atoms with Gasteiger partial charge in [-0.3, -0.25) is 0 Å². The standard InChI is InChI=1S/C9H19N/c1-4-6-9(7-5-2)8(3)10/h4,8-9H,1,5-7,10H2,2-3H3/t8-,9?/m1/s1. The van der Waals surface area contributed by atoms with Crippen molar-refractivity contribution < 1.29 is 0 Å². The van der Waals surface area contributed by atoms with Crippen LogP contribution in [0.1, 0.15) is 33.1 Å². The van der Waals surface area contributed by atoms with Gasteiger partial charge in [-0.2, -0.15) is 0 Å². The lowest BCUT2D eigenvalue weighted by atomic mass is 9.93. The van der Waals surface area contributed by atoms with Crippen LogP contribution < -0.4 is 5.73 Å². The van der Waals surface area contributed by atoms with E-state index in [0.29, 0.717) is 12.0 Å². The average molecular weight is 141 g/mol. The Morgan fingerprint density at radius 1 is 1.60 bits per heavy atom. The second kappa shape index (κ2) is 5.48. The fourth-order valence-corrected chi connectivity index (χ4v) is 1.18. The highest BCUT2D eigenvalue weighted by Gasteiger charge is 2.09. The fraction of sp³-hybridized carbons (Fsp3) is 0.778. The summed E-state index contributed by atoms with van der Waals surface area (Å²) in [6, 6.07) is 0.318. The minimum Gasteiger partial charge on any atom is -0.328 e. The van der Waals surface area contributed by atoms with Crippen molar-refractivity contribution in [3.63, 3.8) is 0 Å². The third kappa shape index (κ3) is 3.67. The Morgan fingerprint density at radius 2 is 2.20 bits per heavy atom. The second-order valence-corrected chi connectivity index (χ2v) is 2.93. The maximum Gasteiger partial charge on any atom is 0.00417 e. The predicted molar refractivity (Wildman–Crippen MR) is 46.9 cm³/mol. The Balaban J connectivity index is 3.60. The SMILES string of the molecule is C=CCC(CCC)[C@@H](C)N. The third-order valence-corrected chi connectivity index (χ3v) is 1.87. The summed E-state index contributed by atoms with van der Waals surface area (Å²) in [4.78, 5) is 0. The number of hydrogen-bond acceptors (Lipinski definition) is 1. The van der Waals surface area contributed by atoms with Crippen LogP contribution in [0.25, 0.3) is 0 Å². The summed E-state index contributed by atoms with van der Waals surface area (Å²) in [5.74, 6) is 0.641. The van der Waals surface area contributed by atoms with Crippen LogP contribution in [0.5, 0.6) is 0 Å². The van der Waals surface area contributed by atoms with Crippen molar-refractivity contribution in [2.45, 2.75) is 39.2 Å². The Bertz CT molecular complexity index is 86.7. The van der Waals surface area contributed by atoms with E-state index in [9.17, 15) is 0 Å². The van der Waals surface area contributed by atoms with Gasteiger partial charge in [0, 0.05) is 6.04 Å². The van der Waals surface area contributed by atoms with Gasteiger partial charge in [0.25, 0.3) is 0 Å². The predicted octanol–water partition coefficient (Wildman–Crippen LogP) is 2.33. The maximum atomic E-state index is 5.76. The minimum absolute atomic E-state index is 0.318. The summed E-state index contributed by atoms with van der Waals surface area (Å²) in [7, 11) is 0. The molecule has 0 saturated carbocycles. The molecule has 0 aromatic rings. The van der Waals surface area contributed by atoms with E-state index in [0.717, 1.165) is 6.42 Å². The zero-order valence-electron chi connectivity index (χ0n) is 7.14. The number of rotatable bonds is 5. The molecule has 0 amide bonds. The molecule has 0 aliphatic rings. The molecule has 0 bridgehead atoms. The molecule has 0 saturated heterocycles. The molecule has 2 N–H and O–H groups in total. The Labute approximate surface area is 64.3 Å². The van der Waals surface area contributed by atoms with Crippen LogP contribution >= 0.6 is 0 Å². The van der Waals surface area contributed by atoms with Gasteiger partial charge >= 0.3 is 0 Å². The first-order chi connectivity index (χ1) is 4.72. The Kier molecular flexibility index (Phi) is 5.32. The molecule has 10 heavy (non-hydrogen) atoms. The molecular formula is C9H19N. The summed E-state index contributed by atoms with van der Waals surface area (Å²) in [5.41, 5.74) is 5.76. The van der Waals surface area contributed by atoms with Crippen LogP contribution in [0, 0.1) is 5.92 Å². The van der Waals surface area contributed by atoms with E-state index >= 15 is 0 Å². The molecule has 0 radical (unpaired) electrons. The molecule has 60 valence electrons. The largest absolute Gasteiger partial charge is 0.328 e. The summed E-state index contributed by atoms with van der Waals surface area (Å²) in [6.07, 6.45) is 5.47. The first kappa shape index (κ1) is 9.70. The van der Waals surface area contributed by atoms with E-state index in [-0.39, 0.29) is 0 Å². The minimum atomic E-state index is 0.318. The van der Waals surface area contributed by atoms with Gasteiger partial charge in [-0.15, -0.1) is 6.58 Å². The highest BCUT2D eigenvalue weighted by atomic mass is 14.6. The first-order valence-electron chi connectivity index (χ1n) is 4.08. The molecule has 2 atom stereocenters. The lowest BCUT2D eigenvalue weighted by molar-refractivity contribution is 0.413. The van der Waals surface area contributed by atoms with Crippen molar-refractivity contribution in [1.29, 1.82) is 0 Å². The molecule has 0 aromatic carbocycles. The lowest BCUT2D eigenvalue weighted by Crippen LogP contribution is -2.25. The topological polar surface area (TPSA) is 26.0 Å².